The summed E-state index contributed by atoms with van der Waals surface area (Å²) in [5.74, 6) is 0.935. The summed E-state index contributed by atoms with van der Waals surface area (Å²) in [6, 6.07) is 7.48. The molecular formula is C20H30N2O3. The maximum atomic E-state index is 11.8. The third-order valence-corrected chi connectivity index (χ3v) is 4.96. The number of ether oxygens (including phenoxy) is 2. The van der Waals surface area contributed by atoms with Crippen molar-refractivity contribution in [2.75, 3.05) is 7.11 Å². The summed E-state index contributed by atoms with van der Waals surface area (Å²) in [5.41, 5.74) is 2.35. The summed E-state index contributed by atoms with van der Waals surface area (Å²) >= 11 is 0. The van der Waals surface area contributed by atoms with Crippen LogP contribution in [0, 0.1) is 0 Å². The van der Waals surface area contributed by atoms with Gasteiger partial charge < -0.3 is 20.1 Å². The van der Waals surface area contributed by atoms with E-state index in [0.29, 0.717) is 12.1 Å². The molecule has 2 aliphatic rings. The van der Waals surface area contributed by atoms with Gasteiger partial charge in [0, 0.05) is 18.1 Å². The van der Waals surface area contributed by atoms with E-state index in [1.807, 2.05) is 26.8 Å². The molecule has 5 heteroatoms. The molecule has 1 unspecified atom stereocenters. The summed E-state index contributed by atoms with van der Waals surface area (Å²) in [5, 5.41) is 6.72. The maximum absolute atomic E-state index is 11.8. The minimum atomic E-state index is -0.446. The molecule has 1 fully saturated rings. The van der Waals surface area contributed by atoms with Crippen LogP contribution in [-0.4, -0.2) is 30.9 Å². The molecule has 1 aromatic carbocycles. The summed E-state index contributed by atoms with van der Waals surface area (Å²) < 4.78 is 10.7. The quantitative estimate of drug-likeness (QED) is 0.872. The Labute approximate surface area is 150 Å². The Morgan fingerprint density at radius 1 is 1.20 bits per heavy atom. The predicted octanol–water partition coefficient (Wildman–Crippen LogP) is 3.72. The fourth-order valence-corrected chi connectivity index (χ4v) is 3.72. The second kappa shape index (κ2) is 7.24. The van der Waals surface area contributed by atoms with Crippen molar-refractivity contribution in [3.05, 3.63) is 29.3 Å². The third-order valence-electron chi connectivity index (χ3n) is 4.96. The van der Waals surface area contributed by atoms with Gasteiger partial charge in [-0.25, -0.2) is 4.79 Å². The molecule has 3 rings (SSSR count). The molecule has 0 saturated heterocycles. The molecule has 0 radical (unpaired) electrons. The lowest BCUT2D eigenvalue weighted by Gasteiger charge is -2.40. The van der Waals surface area contributed by atoms with E-state index < -0.39 is 5.60 Å². The first-order valence-electron chi connectivity index (χ1n) is 9.26. The predicted molar refractivity (Wildman–Crippen MR) is 98.0 cm³/mol. The first-order chi connectivity index (χ1) is 11.8. The minimum absolute atomic E-state index is 0.214. The molecule has 25 heavy (non-hydrogen) atoms. The molecule has 1 amide bonds. The molecule has 0 aromatic heterocycles. The van der Waals surface area contributed by atoms with Gasteiger partial charge in [-0.15, -0.1) is 0 Å². The topological polar surface area (TPSA) is 59.6 Å². The van der Waals surface area contributed by atoms with E-state index in [2.05, 4.69) is 22.8 Å². The Kier molecular flexibility index (Phi) is 5.23. The van der Waals surface area contributed by atoms with E-state index in [1.54, 1.807) is 7.11 Å². The molecule has 138 valence electrons. The number of hydrogen-bond donors (Lipinski definition) is 2. The molecule has 5 nitrogen and oxygen atoms in total. The standard InChI is InChI=1S/C20H30N2O3/c1-20(2,3)25-19(23)22-15-11-14(12-15)21-18-7-5-6-13-10-16(24-4)8-9-17(13)18/h8-10,14-15,18,21H,5-7,11-12H2,1-4H3,(H,22,23). The van der Waals surface area contributed by atoms with Gasteiger partial charge in [0.1, 0.15) is 11.4 Å². The third kappa shape index (κ3) is 4.66. The van der Waals surface area contributed by atoms with E-state index >= 15 is 0 Å². The van der Waals surface area contributed by atoms with E-state index in [1.165, 1.54) is 24.0 Å². The average molecular weight is 346 g/mol. The highest BCUT2D eigenvalue weighted by molar-refractivity contribution is 5.68. The first kappa shape index (κ1) is 18.1. The van der Waals surface area contributed by atoms with Crippen LogP contribution < -0.4 is 15.4 Å². The molecular weight excluding hydrogens is 316 g/mol. The summed E-state index contributed by atoms with van der Waals surface area (Å²) in [7, 11) is 1.71. The zero-order valence-electron chi connectivity index (χ0n) is 15.7. The lowest BCUT2D eigenvalue weighted by Crippen LogP contribution is -2.54. The maximum Gasteiger partial charge on any atom is 0.407 e. The monoisotopic (exact) mass is 346 g/mol. The van der Waals surface area contributed by atoms with Gasteiger partial charge in [0.15, 0.2) is 0 Å². The number of fused-ring (bicyclic) bond motifs is 1. The van der Waals surface area contributed by atoms with Crippen molar-refractivity contribution in [1.29, 1.82) is 0 Å². The zero-order valence-corrected chi connectivity index (χ0v) is 15.7. The minimum Gasteiger partial charge on any atom is -0.497 e. The number of rotatable bonds is 4. The largest absolute Gasteiger partial charge is 0.497 e. The Morgan fingerprint density at radius 3 is 2.64 bits per heavy atom. The molecule has 1 aromatic rings. The lowest BCUT2D eigenvalue weighted by atomic mass is 9.82. The van der Waals surface area contributed by atoms with Crippen LogP contribution in [0.2, 0.25) is 0 Å². The number of hydrogen-bond acceptors (Lipinski definition) is 4. The van der Waals surface area contributed by atoms with Crippen LogP contribution in [0.5, 0.6) is 5.75 Å². The molecule has 0 aliphatic heterocycles. The van der Waals surface area contributed by atoms with Crippen molar-refractivity contribution in [2.45, 2.75) is 76.6 Å². The van der Waals surface area contributed by atoms with Crippen LogP contribution in [0.1, 0.15) is 63.6 Å². The number of nitrogens with one attached hydrogen (secondary N) is 2. The molecule has 0 spiro atoms. The van der Waals surface area contributed by atoms with E-state index in [9.17, 15) is 4.79 Å². The van der Waals surface area contributed by atoms with E-state index in [0.717, 1.165) is 25.0 Å². The van der Waals surface area contributed by atoms with Crippen LogP contribution in [0.25, 0.3) is 0 Å². The number of methoxy groups -OCH3 is 1. The second-order valence-electron chi connectivity index (χ2n) is 8.19. The zero-order chi connectivity index (χ0) is 18.0. The summed E-state index contributed by atoms with van der Waals surface area (Å²) in [6.45, 7) is 5.65. The van der Waals surface area contributed by atoms with Crippen LogP contribution in [0.3, 0.4) is 0 Å². The highest BCUT2D eigenvalue weighted by atomic mass is 16.6. The lowest BCUT2D eigenvalue weighted by molar-refractivity contribution is 0.0462. The Morgan fingerprint density at radius 2 is 1.96 bits per heavy atom. The smallest absolute Gasteiger partial charge is 0.407 e. The number of aryl methyl sites for hydroxylation is 1. The van der Waals surface area contributed by atoms with Gasteiger partial charge in [0.05, 0.1) is 7.11 Å². The molecule has 1 saturated carbocycles. The molecule has 0 heterocycles. The summed E-state index contributed by atoms with van der Waals surface area (Å²) in [4.78, 5) is 11.8. The SMILES string of the molecule is COc1ccc2c(c1)CCCC2NC1CC(NC(=O)OC(C)(C)C)C1. The number of benzene rings is 1. The van der Waals surface area contributed by atoms with Gasteiger partial charge in [-0.05, 0) is 76.1 Å². The van der Waals surface area contributed by atoms with Crippen LogP contribution >= 0.6 is 0 Å². The van der Waals surface area contributed by atoms with Gasteiger partial charge in [0.25, 0.3) is 0 Å². The normalized spacial score (nSPS) is 25.5. The van der Waals surface area contributed by atoms with Crippen molar-refractivity contribution in [3.63, 3.8) is 0 Å². The number of carbonyl (C=O) groups excluding carboxylic acids is 1. The fourth-order valence-electron chi connectivity index (χ4n) is 3.72. The van der Waals surface area contributed by atoms with Crippen molar-refractivity contribution < 1.29 is 14.3 Å². The number of carbonyl (C=O) groups is 1. The van der Waals surface area contributed by atoms with Gasteiger partial charge in [-0.1, -0.05) is 6.07 Å². The van der Waals surface area contributed by atoms with Crippen molar-refractivity contribution in [1.82, 2.24) is 10.6 Å². The molecule has 0 bridgehead atoms. The second-order valence-corrected chi connectivity index (χ2v) is 8.19. The van der Waals surface area contributed by atoms with Crippen molar-refractivity contribution >= 4 is 6.09 Å². The van der Waals surface area contributed by atoms with E-state index in [4.69, 9.17) is 9.47 Å². The van der Waals surface area contributed by atoms with Gasteiger partial charge in [0.2, 0.25) is 0 Å². The van der Waals surface area contributed by atoms with Crippen molar-refractivity contribution in [3.8, 4) is 5.75 Å². The summed E-state index contributed by atoms with van der Waals surface area (Å²) in [6.07, 6.45) is 5.09. The van der Waals surface area contributed by atoms with Gasteiger partial charge in [-0.3, -0.25) is 0 Å². The van der Waals surface area contributed by atoms with Gasteiger partial charge >= 0.3 is 6.09 Å². The number of amides is 1. The fraction of sp³-hybridized carbons (Fsp3) is 0.650. The Hall–Kier alpha value is -1.75. The van der Waals surface area contributed by atoms with Crippen LogP contribution in [0.4, 0.5) is 4.79 Å². The average Bonchev–Trinajstić information content (AvgIpc) is 2.50. The van der Waals surface area contributed by atoms with Crippen LogP contribution in [0.15, 0.2) is 18.2 Å². The molecule has 2 aliphatic carbocycles. The Balaban J connectivity index is 1.49. The highest BCUT2D eigenvalue weighted by Crippen LogP contribution is 2.34. The Bertz CT molecular complexity index is 618. The molecule has 2 N–H and O–H groups in total. The van der Waals surface area contributed by atoms with Crippen LogP contribution in [-0.2, 0) is 11.2 Å². The first-order valence-corrected chi connectivity index (χ1v) is 9.26. The highest BCUT2D eigenvalue weighted by Gasteiger charge is 2.34. The molecule has 1 atom stereocenters. The van der Waals surface area contributed by atoms with E-state index in [-0.39, 0.29) is 12.1 Å². The van der Waals surface area contributed by atoms with Gasteiger partial charge in [-0.2, -0.15) is 0 Å². The van der Waals surface area contributed by atoms with Crippen molar-refractivity contribution in [2.24, 2.45) is 0 Å². The number of alkyl carbamates (subject to hydrolysis) is 1.